The summed E-state index contributed by atoms with van der Waals surface area (Å²) in [7, 11) is 0. The number of imidazole rings is 2. The predicted molar refractivity (Wildman–Crippen MR) is 133 cm³/mol. The number of H-pyrrole nitrogens is 2. The van der Waals surface area contributed by atoms with E-state index in [-0.39, 0.29) is 0 Å². The van der Waals surface area contributed by atoms with Crippen molar-refractivity contribution in [3.63, 3.8) is 0 Å². The van der Waals surface area contributed by atoms with Gasteiger partial charge in [-0.15, -0.1) is 0 Å². The third-order valence-corrected chi connectivity index (χ3v) is 6.49. The van der Waals surface area contributed by atoms with Crippen molar-refractivity contribution in [3.8, 4) is 23.7 Å². The zero-order valence-electron chi connectivity index (χ0n) is 18.9. The summed E-state index contributed by atoms with van der Waals surface area (Å²) >= 11 is 0. The first-order valence-corrected chi connectivity index (χ1v) is 11.9. The SMILES string of the molecule is C(#Cc1cnc(C2CCCN2)[nH]1)c1ccc2cc(C#Cc3cnc(C4CCCN4)[nH]3)ccc2c1. The summed E-state index contributed by atoms with van der Waals surface area (Å²) in [6.45, 7) is 2.11. The Bertz CT molecular complexity index is 1330. The molecule has 2 aromatic heterocycles. The second-order valence-corrected chi connectivity index (χ2v) is 8.94. The number of nitrogens with zero attached hydrogens (tertiary/aromatic N) is 2. The van der Waals surface area contributed by atoms with E-state index in [0.29, 0.717) is 12.1 Å². The molecule has 6 nitrogen and oxygen atoms in total. The fourth-order valence-corrected chi connectivity index (χ4v) is 4.67. The van der Waals surface area contributed by atoms with Gasteiger partial charge in [0.1, 0.15) is 23.0 Å². The van der Waals surface area contributed by atoms with E-state index in [0.717, 1.165) is 70.9 Å². The average molecular weight is 447 g/mol. The Morgan fingerprint density at radius 1 is 0.647 bits per heavy atom. The van der Waals surface area contributed by atoms with Gasteiger partial charge in [0, 0.05) is 11.1 Å². The standard InChI is InChI=1S/C28H26N6/c1-3-25(29-13-1)27-31-17-23(33-27)11-7-19-5-9-22-16-20(6-10-21(22)15-19)8-12-24-18-32-28(34-24)26-4-2-14-30-26/h5-6,9-10,15-18,25-26,29-30H,1-4,13-14H2,(H,31,33)(H,32,34). The van der Waals surface area contributed by atoms with Crippen LogP contribution < -0.4 is 10.6 Å². The van der Waals surface area contributed by atoms with Crippen LogP contribution in [0.3, 0.4) is 0 Å². The normalized spacial score (nSPS) is 19.5. The van der Waals surface area contributed by atoms with Gasteiger partial charge in [0.2, 0.25) is 0 Å². The Hall–Kier alpha value is -3.84. The number of aromatic amines is 2. The molecule has 2 unspecified atom stereocenters. The minimum Gasteiger partial charge on any atom is -0.334 e. The average Bonchev–Trinajstić information content (AvgIpc) is 3.68. The summed E-state index contributed by atoms with van der Waals surface area (Å²) in [5.41, 5.74) is 3.65. The molecule has 2 aliphatic heterocycles. The molecule has 0 amide bonds. The number of rotatable bonds is 2. The molecule has 0 radical (unpaired) electrons. The molecule has 0 aliphatic carbocycles. The fraction of sp³-hybridized carbons (Fsp3) is 0.286. The molecule has 0 saturated carbocycles. The van der Waals surface area contributed by atoms with E-state index in [9.17, 15) is 0 Å². The molecule has 0 spiro atoms. The molecule has 4 N–H and O–H groups in total. The van der Waals surface area contributed by atoms with E-state index in [2.05, 4.69) is 90.6 Å². The molecule has 2 atom stereocenters. The van der Waals surface area contributed by atoms with E-state index in [1.165, 1.54) is 12.8 Å². The van der Waals surface area contributed by atoms with Crippen molar-refractivity contribution < 1.29 is 0 Å². The number of hydrogen-bond donors (Lipinski definition) is 4. The lowest BCUT2D eigenvalue weighted by Gasteiger charge is -2.04. The molecule has 4 heterocycles. The molecule has 0 bridgehead atoms. The van der Waals surface area contributed by atoms with Gasteiger partial charge in [-0.25, -0.2) is 9.97 Å². The lowest BCUT2D eigenvalue weighted by atomic mass is 10.0. The third kappa shape index (κ3) is 4.47. The van der Waals surface area contributed by atoms with Crippen LogP contribution in [-0.4, -0.2) is 33.0 Å². The van der Waals surface area contributed by atoms with Gasteiger partial charge in [-0.05, 0) is 85.7 Å². The molecule has 2 aromatic carbocycles. The van der Waals surface area contributed by atoms with Crippen LogP contribution in [0, 0.1) is 23.7 Å². The van der Waals surface area contributed by atoms with Crippen LogP contribution in [0.25, 0.3) is 10.8 Å². The van der Waals surface area contributed by atoms with Gasteiger partial charge in [0.25, 0.3) is 0 Å². The molecule has 6 rings (SSSR count). The second-order valence-electron chi connectivity index (χ2n) is 8.94. The molecule has 2 saturated heterocycles. The van der Waals surface area contributed by atoms with Gasteiger partial charge in [0.05, 0.1) is 24.5 Å². The molecule has 2 aliphatic rings. The number of nitrogens with one attached hydrogen (secondary N) is 4. The highest BCUT2D eigenvalue weighted by atomic mass is 15.0. The van der Waals surface area contributed by atoms with Crippen LogP contribution in [-0.2, 0) is 0 Å². The number of benzene rings is 2. The van der Waals surface area contributed by atoms with Crippen LogP contribution in [0.4, 0.5) is 0 Å². The highest BCUT2D eigenvalue weighted by Gasteiger charge is 2.19. The van der Waals surface area contributed by atoms with Crippen molar-refractivity contribution in [2.75, 3.05) is 13.1 Å². The third-order valence-electron chi connectivity index (χ3n) is 6.49. The highest BCUT2D eigenvalue weighted by Crippen LogP contribution is 2.21. The van der Waals surface area contributed by atoms with Crippen molar-refractivity contribution in [2.45, 2.75) is 37.8 Å². The highest BCUT2D eigenvalue weighted by molar-refractivity contribution is 5.85. The maximum atomic E-state index is 4.49. The zero-order valence-corrected chi connectivity index (χ0v) is 18.9. The number of aromatic nitrogens is 4. The first kappa shape index (κ1) is 20.7. The molecule has 6 heteroatoms. The van der Waals surface area contributed by atoms with E-state index >= 15 is 0 Å². The summed E-state index contributed by atoms with van der Waals surface area (Å²) in [5.74, 6) is 14.9. The van der Waals surface area contributed by atoms with Crippen molar-refractivity contribution in [3.05, 3.63) is 83.0 Å². The molecule has 4 aromatic rings. The van der Waals surface area contributed by atoms with Crippen LogP contribution in [0.5, 0.6) is 0 Å². The Morgan fingerprint density at radius 3 is 1.59 bits per heavy atom. The zero-order chi connectivity index (χ0) is 22.7. The van der Waals surface area contributed by atoms with E-state index in [1.807, 2.05) is 12.4 Å². The first-order chi connectivity index (χ1) is 16.8. The van der Waals surface area contributed by atoms with Crippen molar-refractivity contribution in [1.82, 2.24) is 30.6 Å². The van der Waals surface area contributed by atoms with Crippen LogP contribution in [0.1, 0.15) is 71.9 Å². The van der Waals surface area contributed by atoms with Gasteiger partial charge < -0.3 is 20.6 Å². The van der Waals surface area contributed by atoms with Crippen LogP contribution in [0.2, 0.25) is 0 Å². The van der Waals surface area contributed by atoms with E-state index < -0.39 is 0 Å². The van der Waals surface area contributed by atoms with Crippen LogP contribution in [0.15, 0.2) is 48.8 Å². The quantitative estimate of drug-likeness (QED) is 0.352. The molecule has 34 heavy (non-hydrogen) atoms. The van der Waals surface area contributed by atoms with Gasteiger partial charge in [-0.3, -0.25) is 0 Å². The number of fused-ring (bicyclic) bond motifs is 1. The first-order valence-electron chi connectivity index (χ1n) is 11.9. The molecular formula is C28H26N6. The van der Waals surface area contributed by atoms with Crippen molar-refractivity contribution >= 4 is 10.8 Å². The molecule has 168 valence electrons. The Balaban J connectivity index is 1.17. The second kappa shape index (κ2) is 9.19. The summed E-state index contributed by atoms with van der Waals surface area (Å²) < 4.78 is 0. The molecular weight excluding hydrogens is 420 g/mol. The van der Waals surface area contributed by atoms with Gasteiger partial charge in [-0.2, -0.15) is 0 Å². The smallest absolute Gasteiger partial charge is 0.124 e. The van der Waals surface area contributed by atoms with Crippen molar-refractivity contribution in [1.29, 1.82) is 0 Å². The van der Waals surface area contributed by atoms with Crippen LogP contribution >= 0.6 is 0 Å². The Kier molecular flexibility index (Phi) is 5.61. The van der Waals surface area contributed by atoms with Crippen molar-refractivity contribution in [2.24, 2.45) is 0 Å². The summed E-state index contributed by atoms with van der Waals surface area (Å²) in [5, 5.41) is 9.21. The largest absolute Gasteiger partial charge is 0.334 e. The van der Waals surface area contributed by atoms with E-state index in [4.69, 9.17) is 0 Å². The Labute approximate surface area is 199 Å². The van der Waals surface area contributed by atoms with Gasteiger partial charge in [-0.1, -0.05) is 24.0 Å². The number of hydrogen-bond acceptors (Lipinski definition) is 4. The molecule has 2 fully saturated rings. The Morgan fingerprint density at radius 2 is 1.15 bits per heavy atom. The maximum absolute atomic E-state index is 4.49. The lowest BCUT2D eigenvalue weighted by molar-refractivity contribution is 0.612. The maximum Gasteiger partial charge on any atom is 0.124 e. The lowest BCUT2D eigenvalue weighted by Crippen LogP contribution is -2.14. The van der Waals surface area contributed by atoms with Gasteiger partial charge >= 0.3 is 0 Å². The van der Waals surface area contributed by atoms with Gasteiger partial charge in [0.15, 0.2) is 0 Å². The predicted octanol–water partition coefficient (Wildman–Crippen LogP) is 3.93. The summed E-state index contributed by atoms with van der Waals surface area (Å²) in [6.07, 6.45) is 8.27. The topological polar surface area (TPSA) is 81.4 Å². The van der Waals surface area contributed by atoms with E-state index in [1.54, 1.807) is 0 Å². The summed E-state index contributed by atoms with van der Waals surface area (Å²) in [6, 6.07) is 13.2. The minimum absolute atomic E-state index is 0.327. The fourth-order valence-electron chi connectivity index (χ4n) is 4.67. The minimum atomic E-state index is 0.327. The summed E-state index contributed by atoms with van der Waals surface area (Å²) in [4.78, 5) is 15.7. The monoisotopic (exact) mass is 446 g/mol.